The van der Waals surface area contributed by atoms with Crippen LogP contribution in [-0.4, -0.2) is 15.7 Å². The van der Waals surface area contributed by atoms with Gasteiger partial charge < -0.3 is 5.32 Å². The maximum absolute atomic E-state index is 12.8. The molecule has 0 aliphatic carbocycles. The van der Waals surface area contributed by atoms with E-state index in [0.717, 1.165) is 10.9 Å². The van der Waals surface area contributed by atoms with Crippen molar-refractivity contribution in [2.24, 2.45) is 7.05 Å². The van der Waals surface area contributed by atoms with Crippen molar-refractivity contribution in [3.63, 3.8) is 0 Å². The minimum absolute atomic E-state index is 0.351. The van der Waals surface area contributed by atoms with Crippen LogP contribution in [0.5, 0.6) is 0 Å². The number of carbonyl (C=O) groups excluding carboxylic acids is 1. The molecule has 1 aromatic carbocycles. The second-order valence-electron chi connectivity index (χ2n) is 4.48. The van der Waals surface area contributed by atoms with E-state index in [9.17, 15) is 18.0 Å². The molecular weight excluding hydrogens is 307 g/mol. The van der Waals surface area contributed by atoms with Crippen molar-refractivity contribution in [1.29, 1.82) is 0 Å². The summed E-state index contributed by atoms with van der Waals surface area (Å²) >= 11 is 5.81. The van der Waals surface area contributed by atoms with E-state index in [1.165, 1.54) is 13.1 Å². The van der Waals surface area contributed by atoms with Crippen molar-refractivity contribution in [2.75, 3.05) is 5.32 Å². The predicted molar refractivity (Wildman–Crippen MR) is 72.4 cm³/mol. The highest BCUT2D eigenvalue weighted by Crippen LogP contribution is 2.31. The quantitative estimate of drug-likeness (QED) is 0.919. The van der Waals surface area contributed by atoms with Gasteiger partial charge in [-0.2, -0.15) is 18.3 Å². The number of hydrogen-bond donors (Lipinski definition) is 1. The fourth-order valence-corrected chi connectivity index (χ4v) is 1.95. The van der Waals surface area contributed by atoms with Crippen molar-refractivity contribution in [2.45, 2.75) is 13.1 Å². The van der Waals surface area contributed by atoms with Crippen molar-refractivity contribution in [3.05, 3.63) is 46.2 Å². The van der Waals surface area contributed by atoms with Crippen molar-refractivity contribution < 1.29 is 18.0 Å². The molecule has 0 fully saturated rings. The van der Waals surface area contributed by atoms with Gasteiger partial charge in [0.05, 0.1) is 5.56 Å². The molecule has 0 aliphatic heterocycles. The standard InChI is InChI=1S/C13H11ClF3N3O/c1-7-3-4-8(14)5-10(7)18-12(21)9-6-20(2)19-11(9)13(15,16)17/h3-6H,1-2H3,(H,18,21). The molecule has 0 bridgehead atoms. The molecule has 1 amide bonds. The summed E-state index contributed by atoms with van der Waals surface area (Å²) in [6, 6.07) is 4.75. The summed E-state index contributed by atoms with van der Waals surface area (Å²) in [7, 11) is 1.32. The fourth-order valence-electron chi connectivity index (χ4n) is 1.78. The van der Waals surface area contributed by atoms with E-state index in [0.29, 0.717) is 16.3 Å². The van der Waals surface area contributed by atoms with Gasteiger partial charge in [0.1, 0.15) is 0 Å². The number of anilines is 1. The molecule has 8 heteroatoms. The van der Waals surface area contributed by atoms with Gasteiger partial charge in [0.15, 0.2) is 5.69 Å². The monoisotopic (exact) mass is 317 g/mol. The van der Waals surface area contributed by atoms with E-state index < -0.39 is 23.3 Å². The minimum atomic E-state index is -4.70. The largest absolute Gasteiger partial charge is 0.435 e. The zero-order valence-corrected chi connectivity index (χ0v) is 11.9. The number of carbonyl (C=O) groups is 1. The number of aromatic nitrogens is 2. The maximum atomic E-state index is 12.8. The first-order chi connectivity index (χ1) is 9.68. The molecule has 4 nitrogen and oxygen atoms in total. The Hall–Kier alpha value is -2.02. The molecule has 0 radical (unpaired) electrons. The summed E-state index contributed by atoms with van der Waals surface area (Å²) in [5, 5.41) is 6.08. The van der Waals surface area contributed by atoms with Gasteiger partial charge in [-0.25, -0.2) is 0 Å². The number of nitrogens with one attached hydrogen (secondary N) is 1. The SMILES string of the molecule is Cc1ccc(Cl)cc1NC(=O)c1cn(C)nc1C(F)(F)F. The third kappa shape index (κ3) is 3.36. The van der Waals surface area contributed by atoms with Gasteiger partial charge in [-0.1, -0.05) is 17.7 Å². The van der Waals surface area contributed by atoms with Crippen molar-refractivity contribution in [3.8, 4) is 0 Å². The van der Waals surface area contributed by atoms with Crippen LogP contribution in [0.25, 0.3) is 0 Å². The van der Waals surface area contributed by atoms with Crippen LogP contribution in [0.4, 0.5) is 18.9 Å². The van der Waals surface area contributed by atoms with E-state index in [1.807, 2.05) is 0 Å². The van der Waals surface area contributed by atoms with Gasteiger partial charge >= 0.3 is 6.18 Å². The number of hydrogen-bond acceptors (Lipinski definition) is 2. The van der Waals surface area contributed by atoms with E-state index in [4.69, 9.17) is 11.6 Å². The maximum Gasteiger partial charge on any atom is 0.435 e. The van der Waals surface area contributed by atoms with Gasteiger partial charge in [0.25, 0.3) is 5.91 Å². The minimum Gasteiger partial charge on any atom is -0.322 e. The third-order valence-electron chi connectivity index (χ3n) is 2.79. The van der Waals surface area contributed by atoms with Crippen LogP contribution in [0.1, 0.15) is 21.6 Å². The Bertz CT molecular complexity index is 694. The van der Waals surface area contributed by atoms with E-state index >= 15 is 0 Å². The van der Waals surface area contributed by atoms with Crippen LogP contribution >= 0.6 is 11.6 Å². The van der Waals surface area contributed by atoms with Gasteiger partial charge in [-0.3, -0.25) is 9.48 Å². The van der Waals surface area contributed by atoms with Crippen LogP contribution in [0.2, 0.25) is 5.02 Å². The average Bonchev–Trinajstić information content (AvgIpc) is 2.76. The smallest absolute Gasteiger partial charge is 0.322 e. The second-order valence-corrected chi connectivity index (χ2v) is 4.91. The van der Waals surface area contributed by atoms with Gasteiger partial charge in [-0.15, -0.1) is 0 Å². The first-order valence-corrected chi connectivity index (χ1v) is 6.24. The Balaban J connectivity index is 2.35. The average molecular weight is 318 g/mol. The predicted octanol–water partition coefficient (Wildman–Crippen LogP) is 3.65. The van der Waals surface area contributed by atoms with Crippen LogP contribution in [0.3, 0.4) is 0 Å². The molecule has 21 heavy (non-hydrogen) atoms. The van der Waals surface area contributed by atoms with Gasteiger partial charge in [-0.05, 0) is 24.6 Å². The number of rotatable bonds is 2. The molecule has 2 rings (SSSR count). The molecule has 1 heterocycles. The van der Waals surface area contributed by atoms with E-state index in [1.54, 1.807) is 19.1 Å². The fraction of sp³-hybridized carbons (Fsp3) is 0.231. The first kappa shape index (κ1) is 15.4. The lowest BCUT2D eigenvalue weighted by Gasteiger charge is -2.09. The molecule has 0 spiro atoms. The number of amides is 1. The summed E-state index contributed by atoms with van der Waals surface area (Å²) in [6.45, 7) is 1.71. The lowest BCUT2D eigenvalue weighted by Crippen LogP contribution is -2.18. The number of alkyl halides is 3. The Morgan fingerprint density at radius 3 is 2.67 bits per heavy atom. The molecule has 0 atom stereocenters. The molecule has 2 aromatic rings. The molecule has 0 aliphatic rings. The highest BCUT2D eigenvalue weighted by Gasteiger charge is 2.39. The van der Waals surface area contributed by atoms with Crippen LogP contribution in [-0.2, 0) is 13.2 Å². The van der Waals surface area contributed by atoms with Crippen molar-refractivity contribution in [1.82, 2.24) is 9.78 Å². The van der Waals surface area contributed by atoms with Crippen molar-refractivity contribution >= 4 is 23.2 Å². The molecule has 0 unspecified atom stereocenters. The normalized spacial score (nSPS) is 11.5. The summed E-state index contributed by atoms with van der Waals surface area (Å²) in [4.78, 5) is 12.1. The first-order valence-electron chi connectivity index (χ1n) is 5.87. The Kier molecular flexibility index (Phi) is 3.95. The Morgan fingerprint density at radius 2 is 2.05 bits per heavy atom. The summed E-state index contributed by atoms with van der Waals surface area (Å²) in [6.07, 6.45) is -3.67. The van der Waals surface area contributed by atoms with Gasteiger partial charge in [0, 0.05) is 24.0 Å². The Labute approximate surface area is 123 Å². The zero-order valence-electron chi connectivity index (χ0n) is 11.1. The molecule has 0 saturated heterocycles. The van der Waals surface area contributed by atoms with Crippen LogP contribution in [0, 0.1) is 6.92 Å². The molecule has 112 valence electrons. The van der Waals surface area contributed by atoms with E-state index in [-0.39, 0.29) is 0 Å². The lowest BCUT2D eigenvalue weighted by atomic mass is 10.1. The lowest BCUT2D eigenvalue weighted by molar-refractivity contribution is -0.141. The molecule has 1 N–H and O–H groups in total. The number of nitrogens with zero attached hydrogens (tertiary/aromatic N) is 2. The highest BCUT2D eigenvalue weighted by atomic mass is 35.5. The molecular formula is C13H11ClF3N3O. The number of aryl methyl sites for hydroxylation is 2. The molecule has 0 saturated carbocycles. The molecule has 1 aromatic heterocycles. The highest BCUT2D eigenvalue weighted by molar-refractivity contribution is 6.31. The number of halogens is 4. The Morgan fingerprint density at radius 1 is 1.38 bits per heavy atom. The summed E-state index contributed by atoms with van der Waals surface area (Å²) in [5.41, 5.74) is -0.721. The van der Waals surface area contributed by atoms with Crippen LogP contribution in [0.15, 0.2) is 24.4 Å². The summed E-state index contributed by atoms with van der Waals surface area (Å²) < 4.78 is 39.4. The zero-order chi connectivity index (χ0) is 15.8. The van der Waals surface area contributed by atoms with E-state index in [2.05, 4.69) is 10.4 Å². The number of benzene rings is 1. The topological polar surface area (TPSA) is 46.9 Å². The second kappa shape index (κ2) is 5.40. The van der Waals surface area contributed by atoms with Gasteiger partial charge in [0.2, 0.25) is 0 Å². The third-order valence-corrected chi connectivity index (χ3v) is 3.02. The van der Waals surface area contributed by atoms with Crippen LogP contribution < -0.4 is 5.32 Å². The summed E-state index contributed by atoms with van der Waals surface area (Å²) in [5.74, 6) is -0.888.